The largest absolute Gasteiger partial charge is 0.506 e. The molecule has 0 unspecified atom stereocenters. The number of sulfonamides is 1. The first-order valence-corrected chi connectivity index (χ1v) is 10.5. The molecule has 140 valence electrons. The number of hydrogen-bond donors (Lipinski definition) is 3. The highest BCUT2D eigenvalue weighted by atomic mass is 32.2. The Balaban J connectivity index is 2.26. The molecule has 0 aliphatic carbocycles. The normalized spacial score (nSPS) is 11.0. The van der Waals surface area contributed by atoms with Gasteiger partial charge in [0.2, 0.25) is 5.91 Å². The van der Waals surface area contributed by atoms with Crippen LogP contribution in [0.5, 0.6) is 11.5 Å². The van der Waals surface area contributed by atoms with Gasteiger partial charge < -0.3 is 15.2 Å². The van der Waals surface area contributed by atoms with Gasteiger partial charge in [-0.05, 0) is 36.6 Å². The summed E-state index contributed by atoms with van der Waals surface area (Å²) in [5, 5.41) is 12.4. The molecule has 26 heavy (non-hydrogen) atoms. The first kappa shape index (κ1) is 19.9. The number of hydrogen-bond acceptors (Lipinski definition) is 6. The SMILES string of the molecule is COc1ccccc1NS(=O)(=O)c1ccc(O)c(NC(=O)CCSC)c1. The minimum Gasteiger partial charge on any atom is -0.506 e. The highest BCUT2D eigenvalue weighted by molar-refractivity contribution is 7.98. The number of ether oxygens (including phenoxy) is 1. The van der Waals surface area contributed by atoms with Gasteiger partial charge in [0.1, 0.15) is 11.5 Å². The van der Waals surface area contributed by atoms with Gasteiger partial charge in [-0.25, -0.2) is 8.42 Å². The van der Waals surface area contributed by atoms with E-state index in [4.69, 9.17) is 4.74 Å². The van der Waals surface area contributed by atoms with E-state index in [9.17, 15) is 18.3 Å². The number of nitrogens with one attached hydrogen (secondary N) is 2. The second-order valence-electron chi connectivity index (χ2n) is 5.28. The Hall–Kier alpha value is -2.39. The molecule has 0 atom stereocenters. The molecule has 0 fully saturated rings. The second kappa shape index (κ2) is 8.81. The van der Waals surface area contributed by atoms with Gasteiger partial charge in [-0.15, -0.1) is 0 Å². The summed E-state index contributed by atoms with van der Waals surface area (Å²) in [6.45, 7) is 0. The van der Waals surface area contributed by atoms with E-state index in [0.29, 0.717) is 11.5 Å². The molecule has 3 N–H and O–H groups in total. The number of carbonyl (C=O) groups is 1. The standard InChI is InChI=1S/C17H20N2O5S2/c1-24-16-6-4-3-5-13(16)19-26(22,23)12-7-8-15(20)14(11-12)18-17(21)9-10-25-2/h3-8,11,19-20H,9-10H2,1-2H3,(H,18,21). The van der Waals surface area contributed by atoms with Crippen LogP contribution in [0.2, 0.25) is 0 Å². The van der Waals surface area contributed by atoms with Gasteiger partial charge in [0, 0.05) is 12.2 Å². The van der Waals surface area contributed by atoms with Crippen molar-refractivity contribution in [3.8, 4) is 11.5 Å². The maximum atomic E-state index is 12.6. The van der Waals surface area contributed by atoms with Crippen LogP contribution in [0.15, 0.2) is 47.4 Å². The summed E-state index contributed by atoms with van der Waals surface area (Å²) in [4.78, 5) is 11.7. The Kier molecular flexibility index (Phi) is 6.76. The molecule has 0 aliphatic rings. The van der Waals surface area contributed by atoms with Gasteiger partial charge in [-0.1, -0.05) is 12.1 Å². The van der Waals surface area contributed by atoms with Crippen molar-refractivity contribution in [2.75, 3.05) is 29.2 Å². The van der Waals surface area contributed by atoms with E-state index in [1.807, 2.05) is 6.26 Å². The number of amides is 1. The van der Waals surface area contributed by atoms with Crippen LogP contribution in [-0.4, -0.2) is 38.5 Å². The van der Waals surface area contributed by atoms with Crippen molar-refractivity contribution in [2.24, 2.45) is 0 Å². The van der Waals surface area contributed by atoms with E-state index < -0.39 is 10.0 Å². The van der Waals surface area contributed by atoms with Crippen molar-refractivity contribution in [3.63, 3.8) is 0 Å². The van der Waals surface area contributed by atoms with E-state index in [-0.39, 0.29) is 34.3 Å². The molecule has 7 nitrogen and oxygen atoms in total. The molecule has 2 aromatic rings. The Morgan fingerprint density at radius 1 is 1.19 bits per heavy atom. The molecule has 2 rings (SSSR count). The van der Waals surface area contributed by atoms with E-state index in [2.05, 4.69) is 10.0 Å². The smallest absolute Gasteiger partial charge is 0.262 e. The summed E-state index contributed by atoms with van der Waals surface area (Å²) in [7, 11) is -2.49. The Bertz CT molecular complexity index is 884. The van der Waals surface area contributed by atoms with Gasteiger partial charge in [-0.3, -0.25) is 9.52 Å². The molecule has 0 bridgehead atoms. The predicted octanol–water partition coefficient (Wildman–Crippen LogP) is 2.89. The third kappa shape index (κ3) is 5.06. The summed E-state index contributed by atoms with van der Waals surface area (Å²) in [5.41, 5.74) is 0.327. The number of phenols is 1. The van der Waals surface area contributed by atoms with E-state index in [0.717, 1.165) is 0 Å². The average molecular weight is 396 g/mol. The first-order chi connectivity index (χ1) is 12.4. The maximum absolute atomic E-state index is 12.6. The maximum Gasteiger partial charge on any atom is 0.262 e. The van der Waals surface area contributed by atoms with Crippen LogP contribution in [0.1, 0.15) is 6.42 Å². The van der Waals surface area contributed by atoms with Crippen LogP contribution in [0, 0.1) is 0 Å². The summed E-state index contributed by atoms with van der Waals surface area (Å²) < 4.78 is 32.8. The van der Waals surface area contributed by atoms with Gasteiger partial charge >= 0.3 is 0 Å². The van der Waals surface area contributed by atoms with Crippen LogP contribution in [0.25, 0.3) is 0 Å². The molecule has 0 aromatic heterocycles. The number of methoxy groups -OCH3 is 1. The van der Waals surface area contributed by atoms with E-state index in [1.54, 1.807) is 24.3 Å². The topological polar surface area (TPSA) is 105 Å². The summed E-state index contributed by atoms with van der Waals surface area (Å²) in [6.07, 6.45) is 2.14. The fourth-order valence-electron chi connectivity index (χ4n) is 2.12. The molecule has 1 amide bonds. The van der Waals surface area contributed by atoms with Crippen molar-refractivity contribution in [1.82, 2.24) is 0 Å². The molecule has 2 aromatic carbocycles. The summed E-state index contributed by atoms with van der Waals surface area (Å²) in [6, 6.07) is 10.3. The number of thioether (sulfide) groups is 1. The van der Waals surface area contributed by atoms with Crippen LogP contribution in [0.4, 0.5) is 11.4 Å². The zero-order chi connectivity index (χ0) is 19.2. The molecule has 0 aliphatic heterocycles. The van der Waals surface area contributed by atoms with Crippen LogP contribution in [0.3, 0.4) is 0 Å². The van der Waals surface area contributed by atoms with Crippen LogP contribution >= 0.6 is 11.8 Å². The minimum atomic E-state index is -3.93. The van der Waals surface area contributed by atoms with Crippen molar-refractivity contribution >= 4 is 39.1 Å². The summed E-state index contributed by atoms with van der Waals surface area (Å²) in [5.74, 6) is 0.487. The van der Waals surface area contributed by atoms with Gasteiger partial charge in [0.15, 0.2) is 0 Å². The van der Waals surface area contributed by atoms with Gasteiger partial charge in [-0.2, -0.15) is 11.8 Å². The minimum absolute atomic E-state index is 0.0407. The number of benzene rings is 2. The molecule has 0 saturated heterocycles. The predicted molar refractivity (Wildman–Crippen MR) is 104 cm³/mol. The van der Waals surface area contributed by atoms with Gasteiger partial charge in [0.25, 0.3) is 10.0 Å². The Morgan fingerprint density at radius 2 is 1.92 bits per heavy atom. The zero-order valence-corrected chi connectivity index (χ0v) is 16.0. The Morgan fingerprint density at radius 3 is 2.62 bits per heavy atom. The van der Waals surface area contributed by atoms with Crippen molar-refractivity contribution in [3.05, 3.63) is 42.5 Å². The average Bonchev–Trinajstić information content (AvgIpc) is 2.61. The number of carbonyl (C=O) groups excluding carboxylic acids is 1. The van der Waals surface area contributed by atoms with Crippen molar-refractivity contribution < 1.29 is 23.1 Å². The number of para-hydroxylation sites is 2. The fraction of sp³-hybridized carbons (Fsp3) is 0.235. The van der Waals surface area contributed by atoms with Crippen molar-refractivity contribution in [2.45, 2.75) is 11.3 Å². The highest BCUT2D eigenvalue weighted by Crippen LogP contribution is 2.30. The molecular formula is C17H20N2O5S2. The number of phenolic OH excluding ortho intramolecular Hbond substituents is 1. The van der Waals surface area contributed by atoms with E-state index >= 15 is 0 Å². The molecule has 0 heterocycles. The third-order valence-corrected chi connectivity index (χ3v) is 5.41. The lowest BCUT2D eigenvalue weighted by atomic mass is 10.3. The first-order valence-electron chi connectivity index (χ1n) is 7.65. The lowest BCUT2D eigenvalue weighted by Crippen LogP contribution is -2.15. The van der Waals surface area contributed by atoms with Crippen LogP contribution in [-0.2, 0) is 14.8 Å². The zero-order valence-electron chi connectivity index (χ0n) is 14.4. The Labute approximate surface area is 156 Å². The highest BCUT2D eigenvalue weighted by Gasteiger charge is 2.19. The quantitative estimate of drug-likeness (QED) is 0.593. The summed E-state index contributed by atoms with van der Waals surface area (Å²) >= 11 is 1.52. The molecule has 9 heteroatoms. The van der Waals surface area contributed by atoms with Crippen molar-refractivity contribution in [1.29, 1.82) is 0 Å². The number of anilines is 2. The second-order valence-corrected chi connectivity index (χ2v) is 7.94. The molecule has 0 radical (unpaired) electrons. The molecular weight excluding hydrogens is 376 g/mol. The number of rotatable bonds is 8. The fourth-order valence-corrected chi connectivity index (χ4v) is 3.61. The monoisotopic (exact) mass is 396 g/mol. The third-order valence-electron chi connectivity index (χ3n) is 3.44. The van der Waals surface area contributed by atoms with Crippen LogP contribution < -0.4 is 14.8 Å². The van der Waals surface area contributed by atoms with E-state index in [1.165, 1.54) is 37.1 Å². The van der Waals surface area contributed by atoms with Gasteiger partial charge in [0.05, 0.1) is 23.4 Å². The number of aromatic hydroxyl groups is 1. The lowest BCUT2D eigenvalue weighted by molar-refractivity contribution is -0.115. The molecule has 0 saturated carbocycles. The molecule has 0 spiro atoms. The lowest BCUT2D eigenvalue weighted by Gasteiger charge is -2.13.